The minimum Gasteiger partial charge on any atom is -0.543 e. The average Bonchev–Trinajstić information content (AvgIpc) is 3.10. The lowest BCUT2D eigenvalue weighted by Gasteiger charge is -2.37. The molecule has 4 nitrogen and oxygen atoms in total. The van der Waals surface area contributed by atoms with Crippen molar-refractivity contribution in [2.45, 2.75) is 58.8 Å². The number of para-hydroxylation sites is 1. The summed E-state index contributed by atoms with van der Waals surface area (Å²) in [5.74, 6) is 0.836. The molecule has 182 valence electrons. The molecule has 35 heavy (non-hydrogen) atoms. The van der Waals surface area contributed by atoms with E-state index in [0.29, 0.717) is 11.3 Å². The van der Waals surface area contributed by atoms with Crippen molar-refractivity contribution < 1.29 is 9.13 Å². The van der Waals surface area contributed by atoms with Gasteiger partial charge in [0.15, 0.2) is 0 Å². The maximum absolute atomic E-state index is 9.96. The Morgan fingerprint density at radius 2 is 1.77 bits per heavy atom. The first-order valence-corrected chi connectivity index (χ1v) is 14.8. The van der Waals surface area contributed by atoms with Crippen LogP contribution >= 0.6 is 0 Å². The van der Waals surface area contributed by atoms with Gasteiger partial charge in [-0.3, -0.25) is 9.69 Å². The van der Waals surface area contributed by atoms with Crippen LogP contribution in [0.4, 0.5) is 4.70 Å². The molecule has 0 aliphatic carbocycles. The monoisotopic (exact) mass is 487 g/mol. The van der Waals surface area contributed by atoms with Gasteiger partial charge < -0.3 is 8.99 Å². The van der Waals surface area contributed by atoms with Crippen LogP contribution in [0, 0.1) is 11.3 Å². The molecule has 6 heteroatoms. The van der Waals surface area contributed by atoms with Crippen LogP contribution in [0.3, 0.4) is 0 Å². The van der Waals surface area contributed by atoms with E-state index in [0.717, 1.165) is 24.3 Å². The first kappa shape index (κ1) is 26.2. The van der Waals surface area contributed by atoms with Crippen molar-refractivity contribution in [1.82, 2.24) is 9.55 Å². The Hall–Kier alpha value is -3.43. The molecular formula is C29H34FN3OSi. The standard InChI is InChI=1S/C29H33N3OSi.FH/c1-7-16-32-26-14-9-8-12-23(26)24-18-21(17-22(20-30)25-13-10-11-15-31-25)28(19-27(24)32)33-34(5,6)29(2,3)4;/h8-15,17-19H,7,16H2,1-6H3;1H. The second-order valence-corrected chi connectivity index (χ2v) is 15.0. The summed E-state index contributed by atoms with van der Waals surface area (Å²) in [5, 5.41) is 12.4. The van der Waals surface area contributed by atoms with Gasteiger partial charge in [-0.05, 0) is 54.9 Å². The Labute approximate surface area is 208 Å². The summed E-state index contributed by atoms with van der Waals surface area (Å²) in [6, 6.07) is 20.9. The maximum atomic E-state index is 9.96. The van der Waals surface area contributed by atoms with Gasteiger partial charge in [0, 0.05) is 40.7 Å². The number of fused-ring (bicyclic) bond motifs is 3. The van der Waals surface area contributed by atoms with E-state index in [1.807, 2.05) is 24.3 Å². The number of nitrogens with zero attached hydrogens (tertiary/aromatic N) is 3. The molecule has 0 aliphatic heterocycles. The van der Waals surface area contributed by atoms with E-state index in [1.165, 1.54) is 21.8 Å². The highest BCUT2D eigenvalue weighted by Gasteiger charge is 2.39. The van der Waals surface area contributed by atoms with Crippen molar-refractivity contribution in [2.75, 3.05) is 0 Å². The van der Waals surface area contributed by atoms with E-state index in [4.69, 9.17) is 4.43 Å². The van der Waals surface area contributed by atoms with Crippen LogP contribution in [0.25, 0.3) is 33.5 Å². The number of hydrogen-bond acceptors (Lipinski definition) is 3. The van der Waals surface area contributed by atoms with E-state index in [1.54, 1.807) is 6.20 Å². The lowest BCUT2D eigenvalue weighted by molar-refractivity contribution is 0.491. The molecular weight excluding hydrogens is 453 g/mol. The lowest BCUT2D eigenvalue weighted by atomic mass is 10.0. The van der Waals surface area contributed by atoms with Gasteiger partial charge in [-0.2, -0.15) is 5.26 Å². The number of allylic oxidation sites excluding steroid dienone is 1. The van der Waals surface area contributed by atoms with E-state index >= 15 is 0 Å². The highest BCUT2D eigenvalue weighted by molar-refractivity contribution is 6.74. The number of halogens is 1. The van der Waals surface area contributed by atoms with Gasteiger partial charge >= 0.3 is 0 Å². The third-order valence-corrected chi connectivity index (χ3v) is 11.2. The van der Waals surface area contributed by atoms with Crippen LogP contribution in [0.2, 0.25) is 18.1 Å². The Bertz CT molecular complexity index is 1410. The van der Waals surface area contributed by atoms with Gasteiger partial charge in [0.1, 0.15) is 11.8 Å². The smallest absolute Gasteiger partial charge is 0.250 e. The molecule has 0 radical (unpaired) electrons. The first-order chi connectivity index (χ1) is 16.2. The molecule has 0 N–H and O–H groups in total. The molecule has 0 amide bonds. The average molecular weight is 488 g/mol. The molecule has 0 bridgehead atoms. The van der Waals surface area contributed by atoms with Crippen molar-refractivity contribution in [3.8, 4) is 11.8 Å². The number of rotatable bonds is 6. The van der Waals surface area contributed by atoms with Gasteiger partial charge in [0.2, 0.25) is 0 Å². The molecule has 2 heterocycles. The number of hydrogen-bond donors (Lipinski definition) is 0. The van der Waals surface area contributed by atoms with Crippen LogP contribution in [-0.2, 0) is 6.54 Å². The van der Waals surface area contributed by atoms with Crippen molar-refractivity contribution in [3.05, 3.63) is 72.1 Å². The molecule has 2 aromatic carbocycles. The SMILES string of the molecule is CCCn1c2ccccc2c2cc(C=C(C#N)c3ccccn3)c(O[Si](C)(C)C(C)(C)C)cc21.F. The molecule has 0 fully saturated rings. The molecule has 0 spiro atoms. The zero-order valence-electron chi connectivity index (χ0n) is 21.4. The fraction of sp³-hybridized carbons (Fsp3) is 0.310. The number of aryl methyl sites for hydroxylation is 1. The zero-order chi connectivity index (χ0) is 24.5. The normalized spacial score (nSPS) is 12.4. The number of nitriles is 1. The third-order valence-electron chi connectivity index (χ3n) is 6.88. The predicted octanol–water partition coefficient (Wildman–Crippen LogP) is 8.20. The maximum Gasteiger partial charge on any atom is 0.250 e. The van der Waals surface area contributed by atoms with Crippen LogP contribution < -0.4 is 4.43 Å². The Morgan fingerprint density at radius 1 is 1.06 bits per heavy atom. The summed E-state index contributed by atoms with van der Waals surface area (Å²) in [6.45, 7) is 14.4. The summed E-state index contributed by atoms with van der Waals surface area (Å²) in [4.78, 5) is 4.40. The van der Waals surface area contributed by atoms with E-state index in [2.05, 4.69) is 92.8 Å². The molecule has 0 atom stereocenters. The minimum absolute atomic E-state index is 0. The van der Waals surface area contributed by atoms with Gasteiger partial charge in [-0.25, -0.2) is 0 Å². The Morgan fingerprint density at radius 3 is 2.40 bits per heavy atom. The van der Waals surface area contributed by atoms with Crippen LogP contribution in [0.1, 0.15) is 45.4 Å². The summed E-state index contributed by atoms with van der Waals surface area (Å²) >= 11 is 0. The molecule has 0 aliphatic rings. The van der Waals surface area contributed by atoms with Crippen LogP contribution in [0.5, 0.6) is 5.75 Å². The van der Waals surface area contributed by atoms with Crippen molar-refractivity contribution in [2.24, 2.45) is 0 Å². The largest absolute Gasteiger partial charge is 0.543 e. The quantitative estimate of drug-likeness (QED) is 0.203. The molecule has 2 aromatic heterocycles. The predicted molar refractivity (Wildman–Crippen MR) is 148 cm³/mol. The second kappa shape index (κ2) is 10.0. The summed E-state index contributed by atoms with van der Waals surface area (Å²) in [7, 11) is -2.12. The Kier molecular flexibility index (Phi) is 7.52. The van der Waals surface area contributed by atoms with Crippen LogP contribution in [-0.4, -0.2) is 17.9 Å². The van der Waals surface area contributed by atoms with E-state index < -0.39 is 8.32 Å². The highest BCUT2D eigenvalue weighted by Crippen LogP contribution is 2.41. The summed E-state index contributed by atoms with van der Waals surface area (Å²) in [5.41, 5.74) is 4.50. The zero-order valence-corrected chi connectivity index (χ0v) is 22.4. The minimum atomic E-state index is -2.12. The lowest BCUT2D eigenvalue weighted by Crippen LogP contribution is -2.44. The number of benzene rings is 2. The van der Waals surface area contributed by atoms with Crippen molar-refractivity contribution in [3.63, 3.8) is 0 Å². The van der Waals surface area contributed by atoms with Gasteiger partial charge in [-0.1, -0.05) is 52.0 Å². The summed E-state index contributed by atoms with van der Waals surface area (Å²) in [6.07, 6.45) is 4.69. The van der Waals surface area contributed by atoms with E-state index in [-0.39, 0.29) is 9.74 Å². The third kappa shape index (κ3) is 5.01. The number of pyridine rings is 1. The number of aromatic nitrogens is 2. The molecule has 4 aromatic rings. The second-order valence-electron chi connectivity index (χ2n) is 10.3. The van der Waals surface area contributed by atoms with Gasteiger partial charge in [-0.15, -0.1) is 0 Å². The molecule has 4 rings (SSSR count). The van der Waals surface area contributed by atoms with E-state index in [9.17, 15) is 5.26 Å². The first-order valence-electron chi connectivity index (χ1n) is 11.9. The molecule has 0 saturated heterocycles. The van der Waals surface area contributed by atoms with Gasteiger partial charge in [0.25, 0.3) is 8.32 Å². The van der Waals surface area contributed by atoms with Gasteiger partial charge in [0.05, 0.1) is 16.8 Å². The van der Waals surface area contributed by atoms with Crippen LogP contribution in [0.15, 0.2) is 60.8 Å². The fourth-order valence-corrected chi connectivity index (χ4v) is 5.06. The fourth-order valence-electron chi connectivity index (χ4n) is 4.03. The van der Waals surface area contributed by atoms with Crippen molar-refractivity contribution >= 4 is 41.8 Å². The highest BCUT2D eigenvalue weighted by atomic mass is 28.4. The Balaban J connectivity index is 0.00000342. The topological polar surface area (TPSA) is 50.8 Å². The molecule has 0 saturated carbocycles. The van der Waals surface area contributed by atoms with Crippen molar-refractivity contribution in [1.29, 1.82) is 5.26 Å². The summed E-state index contributed by atoms with van der Waals surface area (Å²) < 4.78 is 9.26. The molecule has 0 unspecified atom stereocenters.